The highest BCUT2D eigenvalue weighted by molar-refractivity contribution is 9.10. The van der Waals surface area contributed by atoms with Crippen LogP contribution in [-0.2, 0) is 0 Å². The first-order valence-electron chi connectivity index (χ1n) is 5.11. The molecule has 0 atom stereocenters. The van der Waals surface area contributed by atoms with Gasteiger partial charge in [-0.2, -0.15) is 21.0 Å². The van der Waals surface area contributed by atoms with Gasteiger partial charge >= 0.3 is 0 Å². The first-order valence-corrected chi connectivity index (χ1v) is 5.90. The molecular weight excluding hydrogens is 322 g/mol. The van der Waals surface area contributed by atoms with Gasteiger partial charge in [0.05, 0.1) is 17.3 Å². The van der Waals surface area contributed by atoms with Crippen LogP contribution < -0.4 is 10.1 Å². The molecule has 0 saturated heterocycles. The van der Waals surface area contributed by atoms with Crippen molar-refractivity contribution < 1.29 is 4.74 Å². The van der Waals surface area contributed by atoms with E-state index in [0.29, 0.717) is 10.2 Å². The van der Waals surface area contributed by atoms with Crippen molar-refractivity contribution in [1.82, 2.24) is 0 Å². The van der Waals surface area contributed by atoms with Gasteiger partial charge in [-0.05, 0) is 28.1 Å². The summed E-state index contributed by atoms with van der Waals surface area (Å²) in [7, 11) is 1.40. The third-order valence-electron chi connectivity index (χ3n) is 2.27. The van der Waals surface area contributed by atoms with Gasteiger partial charge < -0.3 is 10.1 Å². The first kappa shape index (κ1) is 15.1. The number of anilines is 1. The number of methoxy groups -OCH3 is 1. The van der Waals surface area contributed by atoms with E-state index in [1.807, 2.05) is 6.07 Å². The number of halogens is 1. The largest absolute Gasteiger partial charge is 0.494 e. The Balaban J connectivity index is 3.43. The maximum Gasteiger partial charge on any atom is 0.163 e. The second-order valence-corrected chi connectivity index (χ2v) is 4.18. The average Bonchev–Trinajstić information content (AvgIpc) is 2.48. The molecule has 96 valence electrons. The molecular formula is C13H6BrN5O. The van der Waals surface area contributed by atoms with E-state index in [9.17, 15) is 5.26 Å². The number of nitrogens with one attached hydrogen (secondary N) is 1. The van der Waals surface area contributed by atoms with Crippen molar-refractivity contribution in [2.45, 2.75) is 0 Å². The predicted molar refractivity (Wildman–Crippen MR) is 72.9 cm³/mol. The molecule has 0 aliphatic heterocycles. The van der Waals surface area contributed by atoms with Gasteiger partial charge in [0.25, 0.3) is 0 Å². The summed E-state index contributed by atoms with van der Waals surface area (Å²) in [4.78, 5) is 0. The van der Waals surface area contributed by atoms with Crippen LogP contribution in [-0.4, -0.2) is 7.11 Å². The topological polar surface area (TPSA) is 116 Å². The Labute approximate surface area is 123 Å². The summed E-state index contributed by atoms with van der Waals surface area (Å²) in [6.07, 6.45) is 0. The molecule has 7 heteroatoms. The standard InChI is InChI=1S/C13H6BrN5O/c1-20-13-9(6-17)11(3-2-10(13)14)19-12(7-18)8(4-15)5-16/h2-3,19H,1H3. The predicted octanol–water partition coefficient (Wildman–Crippen LogP) is 2.57. The molecule has 0 unspecified atom stereocenters. The molecule has 0 fully saturated rings. The highest BCUT2D eigenvalue weighted by Crippen LogP contribution is 2.34. The summed E-state index contributed by atoms with van der Waals surface area (Å²) >= 11 is 3.24. The Morgan fingerprint density at radius 1 is 1.15 bits per heavy atom. The Kier molecular flexibility index (Phi) is 5.12. The molecule has 0 saturated carbocycles. The molecule has 0 spiro atoms. The average molecular weight is 328 g/mol. The minimum atomic E-state index is -0.363. The lowest BCUT2D eigenvalue weighted by Crippen LogP contribution is -2.03. The Morgan fingerprint density at radius 2 is 1.80 bits per heavy atom. The van der Waals surface area contributed by atoms with Crippen molar-refractivity contribution in [3.8, 4) is 30.0 Å². The van der Waals surface area contributed by atoms with Crippen LogP contribution in [0.25, 0.3) is 0 Å². The fourth-order valence-electron chi connectivity index (χ4n) is 1.39. The molecule has 0 aliphatic carbocycles. The van der Waals surface area contributed by atoms with Gasteiger partial charge in [-0.3, -0.25) is 0 Å². The van der Waals surface area contributed by atoms with E-state index < -0.39 is 0 Å². The van der Waals surface area contributed by atoms with E-state index in [1.54, 1.807) is 24.3 Å². The molecule has 0 amide bonds. The molecule has 6 nitrogen and oxygen atoms in total. The van der Waals surface area contributed by atoms with Gasteiger partial charge in [0.2, 0.25) is 0 Å². The maximum atomic E-state index is 9.17. The van der Waals surface area contributed by atoms with Gasteiger partial charge in [-0.1, -0.05) is 0 Å². The van der Waals surface area contributed by atoms with E-state index in [2.05, 4.69) is 21.2 Å². The summed E-state index contributed by atoms with van der Waals surface area (Å²) in [6.45, 7) is 0. The third kappa shape index (κ3) is 2.87. The van der Waals surface area contributed by atoms with Gasteiger partial charge in [0.15, 0.2) is 11.3 Å². The number of nitrogens with zero attached hydrogens (tertiary/aromatic N) is 4. The van der Waals surface area contributed by atoms with E-state index >= 15 is 0 Å². The number of hydrogen-bond acceptors (Lipinski definition) is 6. The molecule has 1 aromatic rings. The van der Waals surface area contributed by atoms with Crippen molar-refractivity contribution in [2.75, 3.05) is 12.4 Å². The van der Waals surface area contributed by atoms with Gasteiger partial charge in [-0.15, -0.1) is 0 Å². The van der Waals surface area contributed by atoms with E-state index in [-0.39, 0.29) is 22.5 Å². The van der Waals surface area contributed by atoms with Crippen molar-refractivity contribution in [1.29, 1.82) is 21.0 Å². The monoisotopic (exact) mass is 327 g/mol. The van der Waals surface area contributed by atoms with Crippen molar-refractivity contribution in [3.63, 3.8) is 0 Å². The molecule has 0 radical (unpaired) electrons. The normalized spacial score (nSPS) is 8.30. The number of allylic oxidation sites excluding steroid dienone is 2. The summed E-state index contributed by atoms with van der Waals surface area (Å²) < 4.78 is 5.67. The number of hydrogen-bond donors (Lipinski definition) is 1. The summed E-state index contributed by atoms with van der Waals surface area (Å²) in [5.74, 6) is 0.297. The third-order valence-corrected chi connectivity index (χ3v) is 2.90. The SMILES string of the molecule is COc1c(Br)ccc(NC(C#N)=C(C#N)C#N)c1C#N. The summed E-state index contributed by atoms with van der Waals surface area (Å²) in [6, 6.07) is 10.0. The van der Waals surface area contributed by atoms with E-state index in [4.69, 9.17) is 20.5 Å². The van der Waals surface area contributed by atoms with Gasteiger partial charge in [0, 0.05) is 0 Å². The van der Waals surface area contributed by atoms with E-state index in [1.165, 1.54) is 13.2 Å². The van der Waals surface area contributed by atoms with Crippen LogP contribution in [0.4, 0.5) is 5.69 Å². The maximum absolute atomic E-state index is 9.17. The molecule has 1 aromatic carbocycles. The number of ether oxygens (including phenoxy) is 1. The van der Waals surface area contributed by atoms with Gasteiger partial charge in [-0.25, -0.2) is 0 Å². The zero-order valence-electron chi connectivity index (χ0n) is 10.2. The lowest BCUT2D eigenvalue weighted by Gasteiger charge is -2.11. The fraction of sp³-hybridized carbons (Fsp3) is 0.0769. The van der Waals surface area contributed by atoms with Crippen LogP contribution in [0.5, 0.6) is 5.75 Å². The minimum Gasteiger partial charge on any atom is -0.494 e. The first-order chi connectivity index (χ1) is 9.62. The number of rotatable bonds is 3. The lowest BCUT2D eigenvalue weighted by molar-refractivity contribution is 0.411. The summed E-state index contributed by atoms with van der Waals surface area (Å²) in [5.41, 5.74) is -0.161. The molecule has 20 heavy (non-hydrogen) atoms. The Bertz CT molecular complexity index is 724. The number of nitriles is 4. The lowest BCUT2D eigenvalue weighted by atomic mass is 10.1. The van der Waals surface area contributed by atoms with Crippen LogP contribution in [0.3, 0.4) is 0 Å². The van der Waals surface area contributed by atoms with Crippen LogP contribution in [0.2, 0.25) is 0 Å². The second-order valence-electron chi connectivity index (χ2n) is 3.33. The van der Waals surface area contributed by atoms with Crippen LogP contribution in [0.15, 0.2) is 27.9 Å². The molecule has 0 aliphatic rings. The molecule has 0 aromatic heterocycles. The van der Waals surface area contributed by atoms with Crippen LogP contribution >= 0.6 is 15.9 Å². The second kappa shape index (κ2) is 6.81. The Morgan fingerprint density at radius 3 is 2.25 bits per heavy atom. The van der Waals surface area contributed by atoms with Crippen LogP contribution in [0.1, 0.15) is 5.56 Å². The highest BCUT2D eigenvalue weighted by atomic mass is 79.9. The van der Waals surface area contributed by atoms with Crippen LogP contribution in [0, 0.1) is 45.3 Å². The molecule has 0 heterocycles. The van der Waals surface area contributed by atoms with Crippen molar-refractivity contribution in [3.05, 3.63) is 33.4 Å². The quantitative estimate of drug-likeness (QED) is 0.852. The van der Waals surface area contributed by atoms with Crippen molar-refractivity contribution in [2.24, 2.45) is 0 Å². The zero-order valence-corrected chi connectivity index (χ0v) is 11.8. The minimum absolute atomic E-state index is 0.157. The molecule has 1 rings (SSSR count). The highest BCUT2D eigenvalue weighted by Gasteiger charge is 2.15. The Hall–Kier alpha value is -3.00. The smallest absolute Gasteiger partial charge is 0.163 e. The van der Waals surface area contributed by atoms with Crippen molar-refractivity contribution >= 4 is 21.6 Å². The number of benzene rings is 1. The molecule has 1 N–H and O–H groups in total. The molecule has 0 bridgehead atoms. The van der Waals surface area contributed by atoms with Gasteiger partial charge in [0.1, 0.15) is 35.5 Å². The zero-order chi connectivity index (χ0) is 15.1. The fourth-order valence-corrected chi connectivity index (χ4v) is 1.88. The summed E-state index contributed by atoms with van der Waals surface area (Å²) in [5, 5.41) is 38.3. The van der Waals surface area contributed by atoms with E-state index in [0.717, 1.165) is 0 Å².